The Morgan fingerprint density at radius 3 is 2.36 bits per heavy atom. The van der Waals surface area contributed by atoms with E-state index < -0.39 is 0 Å². The minimum atomic E-state index is 0.715. The van der Waals surface area contributed by atoms with Gasteiger partial charge in [-0.05, 0) is 37.0 Å². The van der Waals surface area contributed by atoms with Gasteiger partial charge < -0.3 is 0 Å². The van der Waals surface area contributed by atoms with Crippen molar-refractivity contribution in [1.82, 2.24) is 20.0 Å². The van der Waals surface area contributed by atoms with Crippen molar-refractivity contribution in [1.29, 1.82) is 0 Å². The molecule has 1 aliphatic carbocycles. The normalized spacial score (nSPS) is 20.4. The lowest BCUT2D eigenvalue weighted by molar-refractivity contribution is 0.0941. The highest BCUT2D eigenvalue weighted by Crippen LogP contribution is 2.26. The van der Waals surface area contributed by atoms with Gasteiger partial charge in [-0.2, -0.15) is 5.10 Å². The fourth-order valence-corrected chi connectivity index (χ4v) is 3.86. The quantitative estimate of drug-likeness (QED) is 0.941. The highest BCUT2D eigenvalue weighted by molar-refractivity contribution is 5.33. The Balaban J connectivity index is 1.31. The van der Waals surface area contributed by atoms with Gasteiger partial charge in [-0.1, -0.05) is 24.3 Å². The Kier molecular flexibility index (Phi) is 3.72. The molecule has 4 rings (SSSR count). The smallest absolute Gasteiger partial charge is 0.0765 e. The number of H-pyrrole nitrogens is 1. The van der Waals surface area contributed by atoms with Gasteiger partial charge in [0.05, 0.1) is 5.69 Å². The van der Waals surface area contributed by atoms with Gasteiger partial charge in [-0.25, -0.2) is 0 Å². The van der Waals surface area contributed by atoms with E-state index in [0.29, 0.717) is 6.04 Å². The van der Waals surface area contributed by atoms with E-state index in [9.17, 15) is 0 Å². The van der Waals surface area contributed by atoms with Crippen LogP contribution in [0.2, 0.25) is 0 Å². The van der Waals surface area contributed by atoms with Gasteiger partial charge in [-0.3, -0.25) is 14.9 Å². The van der Waals surface area contributed by atoms with Crippen LogP contribution in [0.3, 0.4) is 0 Å². The van der Waals surface area contributed by atoms with E-state index in [0.717, 1.165) is 25.3 Å². The lowest BCUT2D eigenvalue weighted by Crippen LogP contribution is -2.50. The van der Waals surface area contributed by atoms with Crippen molar-refractivity contribution in [2.45, 2.75) is 32.4 Å². The largest absolute Gasteiger partial charge is 0.297 e. The first kappa shape index (κ1) is 14.0. The summed E-state index contributed by atoms with van der Waals surface area (Å²) in [6.45, 7) is 7.71. The lowest BCUT2D eigenvalue weighted by Gasteiger charge is -2.37. The molecule has 2 aromatic rings. The van der Waals surface area contributed by atoms with E-state index in [4.69, 9.17) is 0 Å². The van der Waals surface area contributed by atoms with Crippen molar-refractivity contribution in [2.75, 3.05) is 26.2 Å². The van der Waals surface area contributed by atoms with Gasteiger partial charge in [0.15, 0.2) is 0 Å². The monoisotopic (exact) mass is 296 g/mol. The number of rotatable bonds is 3. The number of nitrogens with zero attached hydrogens (tertiary/aromatic N) is 3. The van der Waals surface area contributed by atoms with E-state index >= 15 is 0 Å². The zero-order valence-corrected chi connectivity index (χ0v) is 13.3. The molecule has 0 amide bonds. The summed E-state index contributed by atoms with van der Waals surface area (Å²) in [5.74, 6) is 0. The fourth-order valence-electron chi connectivity index (χ4n) is 3.86. The molecule has 1 aliphatic heterocycles. The number of hydrogen-bond acceptors (Lipinski definition) is 3. The summed E-state index contributed by atoms with van der Waals surface area (Å²) < 4.78 is 0. The van der Waals surface area contributed by atoms with Crippen molar-refractivity contribution in [3.05, 3.63) is 52.8 Å². The Hall–Kier alpha value is -1.65. The van der Waals surface area contributed by atoms with Gasteiger partial charge in [-0.15, -0.1) is 0 Å². The second-order valence-corrected chi connectivity index (χ2v) is 6.69. The van der Waals surface area contributed by atoms with Crippen molar-refractivity contribution in [2.24, 2.45) is 0 Å². The van der Waals surface area contributed by atoms with Crippen LogP contribution in [-0.4, -0.2) is 52.2 Å². The Bertz CT molecular complexity index is 615. The van der Waals surface area contributed by atoms with E-state index in [1.165, 1.54) is 31.6 Å². The molecule has 2 aliphatic rings. The van der Waals surface area contributed by atoms with Crippen molar-refractivity contribution >= 4 is 0 Å². The molecule has 4 nitrogen and oxygen atoms in total. The van der Waals surface area contributed by atoms with Crippen LogP contribution in [0.4, 0.5) is 0 Å². The first-order valence-electron chi connectivity index (χ1n) is 8.32. The molecule has 1 fully saturated rings. The molecule has 0 bridgehead atoms. The standard InChI is InChI=1S/C18H24N4/c1-14-10-17(20-19-14)13-21-6-8-22(9-7-21)18-11-15-4-2-3-5-16(15)12-18/h2-5,10,18H,6-9,11-13H2,1H3,(H,19,20). The molecule has 1 saturated heterocycles. The van der Waals surface area contributed by atoms with E-state index in [1.807, 2.05) is 0 Å². The molecule has 0 spiro atoms. The predicted molar refractivity (Wildman–Crippen MR) is 87.8 cm³/mol. The number of hydrogen-bond donors (Lipinski definition) is 1. The minimum absolute atomic E-state index is 0.715. The highest BCUT2D eigenvalue weighted by atomic mass is 15.3. The zero-order chi connectivity index (χ0) is 14.9. The molecule has 0 saturated carbocycles. The van der Waals surface area contributed by atoms with E-state index in [1.54, 1.807) is 11.1 Å². The second-order valence-electron chi connectivity index (χ2n) is 6.69. The second kappa shape index (κ2) is 5.86. The molecule has 1 aromatic heterocycles. The average Bonchev–Trinajstić information content (AvgIpc) is 3.14. The molecule has 0 radical (unpaired) electrons. The van der Waals surface area contributed by atoms with Crippen molar-refractivity contribution in [3.8, 4) is 0 Å². The third-order valence-electron chi connectivity index (χ3n) is 5.10. The van der Waals surface area contributed by atoms with Gasteiger partial charge in [0.2, 0.25) is 0 Å². The van der Waals surface area contributed by atoms with Gasteiger partial charge in [0.1, 0.15) is 0 Å². The summed E-state index contributed by atoms with van der Waals surface area (Å²) in [6.07, 6.45) is 2.46. The van der Waals surface area contributed by atoms with Crippen LogP contribution >= 0.6 is 0 Å². The number of aryl methyl sites for hydroxylation is 1. The number of fused-ring (bicyclic) bond motifs is 1. The number of nitrogens with one attached hydrogen (secondary N) is 1. The predicted octanol–water partition coefficient (Wildman–Crippen LogP) is 2.00. The zero-order valence-electron chi connectivity index (χ0n) is 13.3. The molecule has 4 heteroatoms. The maximum atomic E-state index is 4.35. The van der Waals surface area contributed by atoms with Gasteiger partial charge >= 0.3 is 0 Å². The van der Waals surface area contributed by atoms with E-state index in [2.05, 4.69) is 57.3 Å². The lowest BCUT2D eigenvalue weighted by atomic mass is 10.1. The third kappa shape index (κ3) is 2.81. The molecule has 0 unspecified atom stereocenters. The summed E-state index contributed by atoms with van der Waals surface area (Å²) in [5.41, 5.74) is 5.43. The molecule has 2 heterocycles. The number of aromatic amines is 1. The first-order valence-corrected chi connectivity index (χ1v) is 8.32. The maximum Gasteiger partial charge on any atom is 0.0765 e. The first-order chi connectivity index (χ1) is 10.8. The van der Waals surface area contributed by atoms with Crippen molar-refractivity contribution < 1.29 is 0 Å². The third-order valence-corrected chi connectivity index (χ3v) is 5.10. The molecule has 1 N–H and O–H groups in total. The fraction of sp³-hybridized carbons (Fsp3) is 0.500. The average molecular weight is 296 g/mol. The molecule has 1 aromatic carbocycles. The number of aromatic nitrogens is 2. The molecule has 0 atom stereocenters. The Morgan fingerprint density at radius 2 is 1.77 bits per heavy atom. The maximum absolute atomic E-state index is 4.35. The van der Waals surface area contributed by atoms with Crippen LogP contribution in [-0.2, 0) is 19.4 Å². The van der Waals surface area contributed by atoms with Crippen LogP contribution < -0.4 is 0 Å². The van der Waals surface area contributed by atoms with Crippen LogP contribution in [0.25, 0.3) is 0 Å². The van der Waals surface area contributed by atoms with Crippen LogP contribution in [0.15, 0.2) is 30.3 Å². The summed E-state index contributed by atoms with van der Waals surface area (Å²) in [4.78, 5) is 5.21. The van der Waals surface area contributed by atoms with Crippen LogP contribution in [0.5, 0.6) is 0 Å². The highest BCUT2D eigenvalue weighted by Gasteiger charge is 2.29. The van der Waals surface area contributed by atoms with Crippen molar-refractivity contribution in [3.63, 3.8) is 0 Å². The minimum Gasteiger partial charge on any atom is -0.297 e. The molecule has 22 heavy (non-hydrogen) atoms. The topological polar surface area (TPSA) is 35.2 Å². The Morgan fingerprint density at radius 1 is 1.09 bits per heavy atom. The molecular formula is C18H24N4. The summed E-state index contributed by atoms with van der Waals surface area (Å²) >= 11 is 0. The number of benzene rings is 1. The molecular weight excluding hydrogens is 272 g/mol. The van der Waals surface area contributed by atoms with Gasteiger partial charge in [0.25, 0.3) is 0 Å². The summed E-state index contributed by atoms with van der Waals surface area (Å²) in [6, 6.07) is 11.8. The summed E-state index contributed by atoms with van der Waals surface area (Å²) in [7, 11) is 0. The van der Waals surface area contributed by atoms with Crippen LogP contribution in [0.1, 0.15) is 22.5 Å². The Labute approximate surface area is 132 Å². The number of piperazine rings is 1. The summed E-state index contributed by atoms with van der Waals surface area (Å²) in [5, 5.41) is 7.39. The van der Waals surface area contributed by atoms with E-state index in [-0.39, 0.29) is 0 Å². The molecule has 116 valence electrons. The van der Waals surface area contributed by atoms with Gasteiger partial charge in [0, 0.05) is 44.5 Å². The van der Waals surface area contributed by atoms with Crippen LogP contribution in [0, 0.1) is 6.92 Å². The SMILES string of the molecule is Cc1cc(CN2CCN(C3Cc4ccccc4C3)CC2)n[nH]1.